The maximum atomic E-state index is 13.0. The molecule has 0 saturated carbocycles. The first-order valence-electron chi connectivity index (χ1n) is 9.34. The maximum Gasteiger partial charge on any atom is 0.257 e. The van der Waals surface area contributed by atoms with Crippen molar-refractivity contribution >= 4 is 23.1 Å². The van der Waals surface area contributed by atoms with Crippen LogP contribution in [0.25, 0.3) is 10.6 Å². The zero-order valence-electron chi connectivity index (χ0n) is 16.4. The molecule has 7 nitrogen and oxygen atoms in total. The Balaban J connectivity index is 1.42. The summed E-state index contributed by atoms with van der Waals surface area (Å²) in [5, 5.41) is 10.8. The molecule has 4 rings (SSSR count). The van der Waals surface area contributed by atoms with Crippen molar-refractivity contribution in [2.75, 3.05) is 45.3 Å². The first-order valence-corrected chi connectivity index (χ1v) is 10.2. The summed E-state index contributed by atoms with van der Waals surface area (Å²) in [4.78, 5) is 18.1. The Kier molecular flexibility index (Phi) is 5.62. The standard InChI is InChI=1S/C21H22N4O3S/c1-27-17-6-3-5-15(20(17)28-2)21(26)25-12-10-24(11-13-25)19-9-8-16(22-23-19)18-7-4-14-29-18/h3-9,14H,10-13H2,1-2H3. The maximum absolute atomic E-state index is 13.0. The van der Waals surface area contributed by atoms with Gasteiger partial charge in [-0.3, -0.25) is 4.79 Å². The molecule has 8 heteroatoms. The van der Waals surface area contributed by atoms with E-state index < -0.39 is 0 Å². The van der Waals surface area contributed by atoms with Crippen molar-refractivity contribution in [1.82, 2.24) is 15.1 Å². The predicted molar refractivity (Wildman–Crippen MR) is 113 cm³/mol. The number of rotatable bonds is 5. The summed E-state index contributed by atoms with van der Waals surface area (Å²) in [6, 6.07) is 13.4. The van der Waals surface area contributed by atoms with Crippen LogP contribution in [0.1, 0.15) is 10.4 Å². The molecule has 29 heavy (non-hydrogen) atoms. The lowest BCUT2D eigenvalue weighted by molar-refractivity contribution is 0.0742. The lowest BCUT2D eigenvalue weighted by atomic mass is 10.1. The number of methoxy groups -OCH3 is 2. The van der Waals surface area contributed by atoms with Crippen LogP contribution in [0.15, 0.2) is 47.8 Å². The van der Waals surface area contributed by atoms with Crippen LogP contribution in [0, 0.1) is 0 Å². The van der Waals surface area contributed by atoms with E-state index in [9.17, 15) is 4.79 Å². The van der Waals surface area contributed by atoms with Crippen LogP contribution in [0.5, 0.6) is 11.5 Å². The van der Waals surface area contributed by atoms with Crippen molar-refractivity contribution in [1.29, 1.82) is 0 Å². The van der Waals surface area contributed by atoms with Gasteiger partial charge in [-0.2, -0.15) is 0 Å². The first-order chi connectivity index (χ1) is 14.2. The fourth-order valence-corrected chi connectivity index (χ4v) is 4.10. The Morgan fingerprint density at radius 3 is 2.41 bits per heavy atom. The summed E-state index contributed by atoms with van der Waals surface area (Å²) in [7, 11) is 3.11. The van der Waals surface area contributed by atoms with Crippen LogP contribution in [-0.2, 0) is 0 Å². The van der Waals surface area contributed by atoms with Crippen LogP contribution in [0.4, 0.5) is 5.82 Å². The summed E-state index contributed by atoms with van der Waals surface area (Å²) < 4.78 is 10.7. The summed E-state index contributed by atoms with van der Waals surface area (Å²) in [5.74, 6) is 1.80. The molecule has 150 valence electrons. The van der Waals surface area contributed by atoms with Gasteiger partial charge in [-0.25, -0.2) is 0 Å². The highest BCUT2D eigenvalue weighted by atomic mass is 32.1. The van der Waals surface area contributed by atoms with Crippen LogP contribution in [0.3, 0.4) is 0 Å². The average Bonchev–Trinajstić information content (AvgIpc) is 3.33. The topological polar surface area (TPSA) is 67.8 Å². The van der Waals surface area contributed by atoms with Gasteiger partial charge in [-0.1, -0.05) is 12.1 Å². The van der Waals surface area contributed by atoms with Crippen molar-refractivity contribution in [3.8, 4) is 22.1 Å². The molecular weight excluding hydrogens is 388 g/mol. The molecule has 0 unspecified atom stereocenters. The molecule has 0 spiro atoms. The van der Waals surface area contributed by atoms with Crippen molar-refractivity contribution in [2.24, 2.45) is 0 Å². The van der Waals surface area contributed by atoms with Gasteiger partial charge in [0.15, 0.2) is 17.3 Å². The van der Waals surface area contributed by atoms with Crippen molar-refractivity contribution in [3.05, 3.63) is 53.4 Å². The van der Waals surface area contributed by atoms with Gasteiger partial charge in [-0.15, -0.1) is 21.5 Å². The quantitative estimate of drug-likeness (QED) is 0.644. The first kappa shape index (κ1) is 19.2. The number of piperazine rings is 1. The lowest BCUT2D eigenvalue weighted by Crippen LogP contribution is -2.49. The molecule has 0 radical (unpaired) electrons. The highest BCUT2D eigenvalue weighted by molar-refractivity contribution is 7.13. The minimum Gasteiger partial charge on any atom is -0.493 e. The van der Waals surface area contributed by atoms with Gasteiger partial charge < -0.3 is 19.3 Å². The Morgan fingerprint density at radius 2 is 1.79 bits per heavy atom. The SMILES string of the molecule is COc1cccc(C(=O)N2CCN(c3ccc(-c4cccs4)nn3)CC2)c1OC. The van der Waals surface area contributed by atoms with E-state index in [1.165, 1.54) is 0 Å². The molecule has 2 aromatic heterocycles. The second-order valence-electron chi connectivity index (χ2n) is 6.57. The number of nitrogens with zero attached hydrogens (tertiary/aromatic N) is 4. The van der Waals surface area contributed by atoms with E-state index in [1.54, 1.807) is 43.8 Å². The number of thiophene rings is 1. The van der Waals surface area contributed by atoms with Crippen molar-refractivity contribution < 1.29 is 14.3 Å². The molecule has 3 aromatic rings. The molecule has 1 saturated heterocycles. The Labute approximate surface area is 173 Å². The second-order valence-corrected chi connectivity index (χ2v) is 7.52. The number of benzene rings is 1. The number of hydrogen-bond acceptors (Lipinski definition) is 7. The summed E-state index contributed by atoms with van der Waals surface area (Å²) >= 11 is 1.64. The average molecular weight is 410 g/mol. The summed E-state index contributed by atoms with van der Waals surface area (Å²) in [6.07, 6.45) is 0. The minimum absolute atomic E-state index is 0.0560. The molecule has 1 amide bonds. The number of carbonyl (C=O) groups is 1. The number of aromatic nitrogens is 2. The third kappa shape index (κ3) is 3.88. The third-order valence-corrected chi connectivity index (χ3v) is 5.84. The largest absolute Gasteiger partial charge is 0.493 e. The second kappa shape index (κ2) is 8.48. The van der Waals surface area contributed by atoms with E-state index in [0.717, 1.165) is 16.4 Å². The van der Waals surface area contributed by atoms with Crippen LogP contribution in [-0.4, -0.2) is 61.4 Å². The molecular formula is C21H22N4O3S. The fraction of sp³-hybridized carbons (Fsp3) is 0.286. The molecule has 1 aliphatic rings. The van der Waals surface area contributed by atoms with Gasteiger partial charge in [0.05, 0.1) is 24.7 Å². The Hall–Kier alpha value is -3.13. The van der Waals surface area contributed by atoms with Crippen LogP contribution >= 0.6 is 11.3 Å². The Bertz CT molecular complexity index is 968. The van der Waals surface area contributed by atoms with E-state index in [2.05, 4.69) is 15.1 Å². The van der Waals surface area contributed by atoms with Crippen LogP contribution < -0.4 is 14.4 Å². The molecule has 1 aliphatic heterocycles. The Morgan fingerprint density at radius 1 is 0.966 bits per heavy atom. The molecule has 0 N–H and O–H groups in total. The van der Waals surface area contributed by atoms with Crippen molar-refractivity contribution in [2.45, 2.75) is 0 Å². The van der Waals surface area contributed by atoms with Gasteiger partial charge in [0, 0.05) is 26.2 Å². The fourth-order valence-electron chi connectivity index (χ4n) is 3.41. The smallest absolute Gasteiger partial charge is 0.257 e. The van der Waals surface area contributed by atoms with E-state index in [0.29, 0.717) is 43.2 Å². The van der Waals surface area contributed by atoms with E-state index in [1.807, 2.05) is 34.5 Å². The van der Waals surface area contributed by atoms with E-state index >= 15 is 0 Å². The number of amides is 1. The summed E-state index contributed by atoms with van der Waals surface area (Å²) in [6.45, 7) is 2.61. The number of carbonyl (C=O) groups excluding carboxylic acids is 1. The zero-order valence-corrected chi connectivity index (χ0v) is 17.2. The minimum atomic E-state index is -0.0560. The zero-order chi connectivity index (χ0) is 20.2. The highest BCUT2D eigenvalue weighted by Gasteiger charge is 2.26. The number of ether oxygens (including phenoxy) is 2. The molecule has 1 fully saturated rings. The van der Waals surface area contributed by atoms with Gasteiger partial charge >= 0.3 is 0 Å². The number of hydrogen-bond donors (Lipinski definition) is 0. The van der Waals surface area contributed by atoms with Gasteiger partial charge in [0.25, 0.3) is 5.91 Å². The van der Waals surface area contributed by atoms with E-state index in [-0.39, 0.29) is 5.91 Å². The van der Waals surface area contributed by atoms with Gasteiger partial charge in [0.2, 0.25) is 0 Å². The van der Waals surface area contributed by atoms with E-state index in [4.69, 9.17) is 9.47 Å². The monoisotopic (exact) mass is 410 g/mol. The number of anilines is 1. The predicted octanol–water partition coefficient (Wildman–Crippen LogP) is 3.18. The molecule has 1 aromatic carbocycles. The van der Waals surface area contributed by atoms with Gasteiger partial charge in [-0.05, 0) is 35.7 Å². The third-order valence-electron chi connectivity index (χ3n) is 4.95. The number of para-hydroxylation sites is 1. The molecule has 0 bridgehead atoms. The summed E-state index contributed by atoms with van der Waals surface area (Å²) in [5.41, 5.74) is 1.39. The molecule has 0 atom stereocenters. The molecule has 0 aliphatic carbocycles. The lowest BCUT2D eigenvalue weighted by Gasteiger charge is -2.35. The van der Waals surface area contributed by atoms with Crippen molar-refractivity contribution in [3.63, 3.8) is 0 Å². The normalized spacial score (nSPS) is 14.0. The highest BCUT2D eigenvalue weighted by Crippen LogP contribution is 2.32. The van der Waals surface area contributed by atoms with Gasteiger partial charge in [0.1, 0.15) is 5.69 Å². The van der Waals surface area contributed by atoms with Crippen LogP contribution in [0.2, 0.25) is 0 Å². The molecule has 3 heterocycles.